The van der Waals surface area contributed by atoms with Crippen LogP contribution in [0.3, 0.4) is 0 Å². The van der Waals surface area contributed by atoms with E-state index in [1.54, 1.807) is 0 Å². The first-order chi connectivity index (χ1) is 7.25. The first-order valence-corrected chi connectivity index (χ1v) is 5.89. The van der Waals surface area contributed by atoms with Crippen LogP contribution in [0.4, 0.5) is 0 Å². The van der Waals surface area contributed by atoms with Crippen molar-refractivity contribution >= 4 is 15.9 Å². The topological polar surface area (TPSA) is 35.8 Å². The van der Waals surface area contributed by atoms with Gasteiger partial charge in [-0.3, -0.25) is 0 Å². The minimum Gasteiger partial charge on any atom is -0.310 e. The summed E-state index contributed by atoms with van der Waals surface area (Å²) in [5.74, 6) is 0. The number of nitrogens with zero attached hydrogens (tertiary/aromatic N) is 1. The molecule has 0 radical (unpaired) electrons. The Labute approximate surface area is 99.4 Å². The van der Waals surface area contributed by atoms with Gasteiger partial charge < -0.3 is 5.32 Å². The number of hydrogen-bond donors (Lipinski definition) is 1. The average molecular weight is 267 g/mol. The van der Waals surface area contributed by atoms with E-state index in [0.717, 1.165) is 17.4 Å². The number of rotatable bonds is 5. The lowest BCUT2D eigenvalue weighted by atomic mass is 10.1. The average Bonchev–Trinajstić information content (AvgIpc) is 2.25. The van der Waals surface area contributed by atoms with Gasteiger partial charge in [0.1, 0.15) is 0 Å². The molecule has 0 aliphatic rings. The summed E-state index contributed by atoms with van der Waals surface area (Å²) in [4.78, 5) is 0. The monoisotopic (exact) mass is 266 g/mol. The minimum atomic E-state index is 0.319. The SMILES string of the molecule is C[C@H](NCCCC#N)c1ccccc1Br. The van der Waals surface area contributed by atoms with Gasteiger partial charge in [-0.2, -0.15) is 5.26 Å². The van der Waals surface area contributed by atoms with Gasteiger partial charge in [-0.15, -0.1) is 0 Å². The maximum Gasteiger partial charge on any atom is 0.0622 e. The van der Waals surface area contributed by atoms with E-state index in [0.29, 0.717) is 12.5 Å². The molecule has 0 amide bonds. The van der Waals surface area contributed by atoms with E-state index in [2.05, 4.69) is 40.3 Å². The second-order valence-corrected chi connectivity index (χ2v) is 4.31. The fourth-order valence-corrected chi connectivity index (χ4v) is 2.05. The first kappa shape index (κ1) is 12.2. The fraction of sp³-hybridized carbons (Fsp3) is 0.417. The molecule has 0 spiro atoms. The Morgan fingerprint density at radius 2 is 2.20 bits per heavy atom. The predicted octanol–water partition coefficient (Wildman–Crippen LogP) is 3.40. The zero-order valence-electron chi connectivity index (χ0n) is 8.83. The maximum absolute atomic E-state index is 8.41. The Hall–Kier alpha value is -0.850. The minimum absolute atomic E-state index is 0.319. The molecule has 1 N–H and O–H groups in total. The standard InChI is InChI=1S/C12H15BrN2/c1-10(15-9-5-4-8-14)11-6-2-3-7-12(11)13/h2-3,6-7,10,15H,4-5,9H2,1H3/t10-/m0/s1. The van der Waals surface area contributed by atoms with Gasteiger partial charge in [-0.05, 0) is 31.5 Å². The number of halogens is 1. The molecule has 15 heavy (non-hydrogen) atoms. The lowest BCUT2D eigenvalue weighted by Crippen LogP contribution is -2.20. The molecule has 0 aliphatic carbocycles. The third kappa shape index (κ3) is 4.03. The molecule has 0 saturated heterocycles. The molecule has 0 unspecified atom stereocenters. The number of unbranched alkanes of at least 4 members (excludes halogenated alkanes) is 1. The summed E-state index contributed by atoms with van der Waals surface area (Å²) in [6, 6.07) is 10.7. The van der Waals surface area contributed by atoms with Crippen LogP contribution in [-0.2, 0) is 0 Å². The van der Waals surface area contributed by atoms with Crippen LogP contribution in [0.25, 0.3) is 0 Å². The molecule has 0 aliphatic heterocycles. The van der Waals surface area contributed by atoms with Crippen LogP contribution in [-0.4, -0.2) is 6.54 Å². The van der Waals surface area contributed by atoms with Crippen LogP contribution in [0.1, 0.15) is 31.4 Å². The summed E-state index contributed by atoms with van der Waals surface area (Å²) in [5.41, 5.74) is 1.26. The van der Waals surface area contributed by atoms with Gasteiger partial charge in [-0.1, -0.05) is 34.1 Å². The molecule has 0 saturated carbocycles. The largest absolute Gasteiger partial charge is 0.310 e. The van der Waals surface area contributed by atoms with Crippen molar-refractivity contribution in [3.8, 4) is 6.07 Å². The molecule has 80 valence electrons. The van der Waals surface area contributed by atoms with E-state index in [1.165, 1.54) is 5.56 Å². The molecule has 0 bridgehead atoms. The molecule has 0 heterocycles. The third-order valence-corrected chi connectivity index (χ3v) is 3.01. The highest BCUT2D eigenvalue weighted by molar-refractivity contribution is 9.10. The van der Waals surface area contributed by atoms with E-state index in [9.17, 15) is 0 Å². The second-order valence-electron chi connectivity index (χ2n) is 3.46. The Morgan fingerprint density at radius 1 is 1.47 bits per heavy atom. The summed E-state index contributed by atoms with van der Waals surface area (Å²) < 4.78 is 1.13. The predicted molar refractivity (Wildman–Crippen MR) is 65.4 cm³/mol. The van der Waals surface area contributed by atoms with Crippen LogP contribution < -0.4 is 5.32 Å². The fourth-order valence-electron chi connectivity index (χ4n) is 1.42. The van der Waals surface area contributed by atoms with Gasteiger partial charge in [0.25, 0.3) is 0 Å². The Morgan fingerprint density at radius 3 is 2.87 bits per heavy atom. The Bertz CT molecular complexity index is 344. The van der Waals surface area contributed by atoms with Gasteiger partial charge >= 0.3 is 0 Å². The molecule has 1 aromatic carbocycles. The zero-order valence-corrected chi connectivity index (χ0v) is 10.4. The van der Waals surface area contributed by atoms with Crippen LogP contribution in [0.15, 0.2) is 28.7 Å². The Kier molecular flexibility index (Phi) is 5.38. The van der Waals surface area contributed by atoms with E-state index in [4.69, 9.17) is 5.26 Å². The zero-order chi connectivity index (χ0) is 11.1. The van der Waals surface area contributed by atoms with Crippen LogP contribution >= 0.6 is 15.9 Å². The normalized spacial score (nSPS) is 12.1. The van der Waals surface area contributed by atoms with Gasteiger partial charge in [-0.25, -0.2) is 0 Å². The van der Waals surface area contributed by atoms with E-state index < -0.39 is 0 Å². The van der Waals surface area contributed by atoms with E-state index in [-0.39, 0.29) is 0 Å². The molecule has 0 fully saturated rings. The molecule has 1 rings (SSSR count). The van der Waals surface area contributed by atoms with Crippen LogP contribution in [0.2, 0.25) is 0 Å². The van der Waals surface area contributed by atoms with Crippen LogP contribution in [0.5, 0.6) is 0 Å². The molecular weight excluding hydrogens is 252 g/mol. The number of benzene rings is 1. The quantitative estimate of drug-likeness (QED) is 0.830. The lowest BCUT2D eigenvalue weighted by Gasteiger charge is -2.15. The van der Waals surface area contributed by atoms with Crippen molar-refractivity contribution in [3.05, 3.63) is 34.3 Å². The maximum atomic E-state index is 8.41. The summed E-state index contributed by atoms with van der Waals surface area (Å²) in [6.45, 7) is 3.02. The molecular formula is C12H15BrN2. The van der Waals surface area contributed by atoms with Crippen molar-refractivity contribution in [1.82, 2.24) is 5.32 Å². The van der Waals surface area contributed by atoms with E-state index in [1.807, 2.05) is 18.2 Å². The molecule has 3 heteroatoms. The van der Waals surface area contributed by atoms with Gasteiger partial charge in [0.05, 0.1) is 6.07 Å². The highest BCUT2D eigenvalue weighted by Crippen LogP contribution is 2.22. The summed E-state index contributed by atoms with van der Waals surface area (Å²) in [7, 11) is 0. The van der Waals surface area contributed by atoms with Gasteiger partial charge in [0.15, 0.2) is 0 Å². The number of nitrogens with one attached hydrogen (secondary N) is 1. The third-order valence-electron chi connectivity index (χ3n) is 2.29. The lowest BCUT2D eigenvalue weighted by molar-refractivity contribution is 0.560. The number of hydrogen-bond acceptors (Lipinski definition) is 2. The van der Waals surface area contributed by atoms with Gasteiger partial charge in [0.2, 0.25) is 0 Å². The molecule has 1 aromatic rings. The van der Waals surface area contributed by atoms with Crippen molar-refractivity contribution in [2.45, 2.75) is 25.8 Å². The first-order valence-electron chi connectivity index (χ1n) is 5.10. The smallest absolute Gasteiger partial charge is 0.0622 e. The Balaban J connectivity index is 2.44. The summed E-state index contributed by atoms with van der Waals surface area (Å²) >= 11 is 3.53. The van der Waals surface area contributed by atoms with Crippen molar-refractivity contribution in [2.24, 2.45) is 0 Å². The highest BCUT2D eigenvalue weighted by atomic mass is 79.9. The van der Waals surface area contributed by atoms with Crippen molar-refractivity contribution in [2.75, 3.05) is 6.54 Å². The van der Waals surface area contributed by atoms with Crippen LogP contribution in [0, 0.1) is 11.3 Å². The van der Waals surface area contributed by atoms with Gasteiger partial charge in [0, 0.05) is 16.9 Å². The van der Waals surface area contributed by atoms with Crippen molar-refractivity contribution in [3.63, 3.8) is 0 Å². The van der Waals surface area contributed by atoms with Crippen molar-refractivity contribution in [1.29, 1.82) is 5.26 Å². The van der Waals surface area contributed by atoms with E-state index >= 15 is 0 Å². The second kappa shape index (κ2) is 6.60. The highest BCUT2D eigenvalue weighted by Gasteiger charge is 2.06. The van der Waals surface area contributed by atoms with Crippen molar-refractivity contribution < 1.29 is 0 Å². The summed E-state index contributed by atoms with van der Waals surface area (Å²) in [5, 5.41) is 11.8. The molecule has 1 atom stereocenters. The summed E-state index contributed by atoms with van der Waals surface area (Å²) in [6.07, 6.45) is 1.53. The number of nitriles is 1. The molecule has 2 nitrogen and oxygen atoms in total. The molecule has 0 aromatic heterocycles.